The molecule has 0 atom stereocenters. The fourth-order valence-corrected chi connectivity index (χ4v) is 2.88. The van der Waals surface area contributed by atoms with Crippen LogP contribution >= 0.6 is 0 Å². The molecule has 0 aromatic heterocycles. The Bertz CT molecular complexity index is 820. The first-order valence-corrected chi connectivity index (χ1v) is 8.42. The monoisotopic (exact) mass is 380 g/mol. The SMILES string of the molecule is O=C(NN(C(=[Se])c1ccccc1)c1ccccc1)c1ccccc1. The summed E-state index contributed by atoms with van der Waals surface area (Å²) in [6.07, 6.45) is 0. The van der Waals surface area contributed by atoms with Gasteiger partial charge < -0.3 is 0 Å². The zero-order valence-corrected chi connectivity index (χ0v) is 14.6. The maximum atomic E-state index is 12.6. The van der Waals surface area contributed by atoms with Crippen LogP contribution in [0.3, 0.4) is 0 Å². The molecule has 0 aliphatic rings. The van der Waals surface area contributed by atoms with Gasteiger partial charge in [0.15, 0.2) is 0 Å². The Kier molecular flexibility index (Phi) is 5.21. The predicted molar refractivity (Wildman–Crippen MR) is 99.1 cm³/mol. The number of nitrogens with one attached hydrogen (secondary N) is 1. The van der Waals surface area contributed by atoms with Crippen molar-refractivity contribution in [1.82, 2.24) is 5.43 Å². The van der Waals surface area contributed by atoms with Crippen molar-refractivity contribution < 1.29 is 4.79 Å². The topological polar surface area (TPSA) is 32.3 Å². The Morgan fingerprint density at radius 1 is 0.708 bits per heavy atom. The summed E-state index contributed by atoms with van der Waals surface area (Å²) in [6, 6.07) is 28.8. The first-order valence-electron chi connectivity index (χ1n) is 7.56. The molecule has 0 aliphatic heterocycles. The van der Waals surface area contributed by atoms with Crippen LogP contribution in [0.2, 0.25) is 0 Å². The summed E-state index contributed by atoms with van der Waals surface area (Å²) >= 11 is 3.08. The molecule has 3 rings (SSSR count). The van der Waals surface area contributed by atoms with Crippen molar-refractivity contribution in [3.05, 3.63) is 102 Å². The quantitative estimate of drug-likeness (QED) is 0.546. The molecule has 24 heavy (non-hydrogen) atoms. The van der Waals surface area contributed by atoms with Gasteiger partial charge in [-0.1, -0.05) is 0 Å². The van der Waals surface area contributed by atoms with E-state index in [9.17, 15) is 4.79 Å². The van der Waals surface area contributed by atoms with E-state index in [-0.39, 0.29) is 5.91 Å². The number of rotatable bonds is 5. The van der Waals surface area contributed by atoms with Crippen molar-refractivity contribution in [2.45, 2.75) is 0 Å². The number of benzene rings is 3. The molecule has 0 aliphatic carbocycles. The van der Waals surface area contributed by atoms with E-state index in [0.29, 0.717) is 5.56 Å². The minimum atomic E-state index is -0.164. The Labute approximate surface area is 149 Å². The molecule has 0 saturated carbocycles. The summed E-state index contributed by atoms with van der Waals surface area (Å²) in [7, 11) is 0. The summed E-state index contributed by atoms with van der Waals surface area (Å²) in [5, 5.41) is 1.77. The molecule has 0 fully saturated rings. The average molecular weight is 379 g/mol. The van der Waals surface area contributed by atoms with E-state index in [1.807, 2.05) is 78.9 Å². The van der Waals surface area contributed by atoms with Crippen LogP contribution in [0.25, 0.3) is 0 Å². The number of hydrazine groups is 1. The Balaban J connectivity index is 1.91. The average Bonchev–Trinajstić information content (AvgIpc) is 2.67. The van der Waals surface area contributed by atoms with Gasteiger partial charge in [-0.05, 0) is 0 Å². The molecule has 0 saturated heterocycles. The third kappa shape index (κ3) is 3.80. The number of carbonyl (C=O) groups excluding carboxylic acids is 1. The number of amides is 1. The van der Waals surface area contributed by atoms with E-state index in [0.717, 1.165) is 15.8 Å². The van der Waals surface area contributed by atoms with Crippen molar-refractivity contribution >= 4 is 31.7 Å². The summed E-state index contributed by atoms with van der Waals surface area (Å²) in [5.41, 5.74) is 5.45. The van der Waals surface area contributed by atoms with E-state index in [1.165, 1.54) is 0 Å². The molecule has 3 aromatic carbocycles. The van der Waals surface area contributed by atoms with Crippen LogP contribution in [-0.4, -0.2) is 26.0 Å². The van der Waals surface area contributed by atoms with Crippen LogP contribution < -0.4 is 10.4 Å². The maximum absolute atomic E-state index is 12.6. The van der Waals surface area contributed by atoms with E-state index in [4.69, 9.17) is 0 Å². The second-order valence-electron chi connectivity index (χ2n) is 5.15. The van der Waals surface area contributed by atoms with Gasteiger partial charge in [0.1, 0.15) is 0 Å². The molecule has 4 heteroatoms. The number of carbonyl (C=O) groups is 1. The molecule has 1 N–H and O–H groups in total. The molecule has 0 unspecified atom stereocenters. The molecular weight excluding hydrogens is 363 g/mol. The van der Waals surface area contributed by atoms with Gasteiger partial charge in [0.2, 0.25) is 0 Å². The number of anilines is 1. The number of hydrogen-bond acceptors (Lipinski definition) is 2. The van der Waals surface area contributed by atoms with E-state index < -0.39 is 0 Å². The van der Waals surface area contributed by atoms with E-state index in [1.54, 1.807) is 17.1 Å². The Morgan fingerprint density at radius 2 is 1.17 bits per heavy atom. The van der Waals surface area contributed by atoms with E-state index in [2.05, 4.69) is 21.0 Å². The predicted octanol–water partition coefficient (Wildman–Crippen LogP) is 3.18. The minimum absolute atomic E-state index is 0.164. The molecule has 0 spiro atoms. The fraction of sp³-hybridized carbons (Fsp3) is 0. The van der Waals surface area contributed by atoms with Gasteiger partial charge in [-0.2, -0.15) is 0 Å². The van der Waals surface area contributed by atoms with Gasteiger partial charge >= 0.3 is 149 Å². The molecular formula is C20H16N2OSe. The van der Waals surface area contributed by atoms with Gasteiger partial charge in [0.25, 0.3) is 0 Å². The standard InChI is InChI=1S/C20H16N2OSe/c23-19(16-10-4-1-5-11-16)21-22(18-14-8-3-9-15-18)20(24)17-12-6-2-7-13-17/h1-15H,(H,21,23). The van der Waals surface area contributed by atoms with Gasteiger partial charge in [0, 0.05) is 0 Å². The molecule has 118 valence electrons. The Morgan fingerprint density at radius 3 is 1.71 bits per heavy atom. The van der Waals surface area contributed by atoms with Crippen LogP contribution in [0, 0.1) is 0 Å². The zero-order valence-electron chi connectivity index (χ0n) is 12.9. The summed E-state index contributed by atoms with van der Waals surface area (Å²) in [5.74, 6) is -0.164. The molecule has 3 nitrogen and oxygen atoms in total. The van der Waals surface area contributed by atoms with Gasteiger partial charge in [-0.25, -0.2) is 0 Å². The number of nitrogens with zero attached hydrogens (tertiary/aromatic N) is 1. The van der Waals surface area contributed by atoms with Gasteiger partial charge in [-0.3, -0.25) is 0 Å². The van der Waals surface area contributed by atoms with Crippen LogP contribution in [-0.2, 0) is 0 Å². The number of para-hydroxylation sites is 1. The van der Waals surface area contributed by atoms with Crippen molar-refractivity contribution in [2.75, 3.05) is 5.01 Å². The van der Waals surface area contributed by atoms with Crippen LogP contribution in [0.5, 0.6) is 0 Å². The number of hydrogen-bond donors (Lipinski definition) is 1. The third-order valence-corrected chi connectivity index (χ3v) is 4.37. The van der Waals surface area contributed by atoms with Crippen LogP contribution in [0.15, 0.2) is 91.0 Å². The first-order chi connectivity index (χ1) is 11.8. The summed E-state index contributed by atoms with van der Waals surface area (Å²) in [4.78, 5) is 12.6. The van der Waals surface area contributed by atoms with Crippen LogP contribution in [0.1, 0.15) is 15.9 Å². The zero-order chi connectivity index (χ0) is 16.8. The van der Waals surface area contributed by atoms with Crippen LogP contribution in [0.4, 0.5) is 5.69 Å². The fourth-order valence-electron chi connectivity index (χ4n) is 2.28. The second kappa shape index (κ2) is 7.73. The molecule has 0 bridgehead atoms. The molecule has 0 radical (unpaired) electrons. The summed E-state index contributed by atoms with van der Waals surface area (Å²) < 4.78 is 0.825. The second-order valence-corrected chi connectivity index (χ2v) is 5.96. The first kappa shape index (κ1) is 16.2. The van der Waals surface area contributed by atoms with Gasteiger partial charge in [0.05, 0.1) is 0 Å². The summed E-state index contributed by atoms with van der Waals surface area (Å²) in [6.45, 7) is 0. The van der Waals surface area contributed by atoms with E-state index >= 15 is 0 Å². The molecule has 0 heterocycles. The van der Waals surface area contributed by atoms with Crippen molar-refractivity contribution in [3.8, 4) is 0 Å². The normalized spacial score (nSPS) is 10.0. The van der Waals surface area contributed by atoms with Crippen molar-refractivity contribution in [1.29, 1.82) is 0 Å². The molecule has 3 aromatic rings. The Hall–Kier alpha value is -2.68. The van der Waals surface area contributed by atoms with Gasteiger partial charge in [-0.15, -0.1) is 0 Å². The van der Waals surface area contributed by atoms with Crippen molar-refractivity contribution in [2.24, 2.45) is 0 Å². The molecule has 1 amide bonds. The third-order valence-electron chi connectivity index (χ3n) is 3.49. The van der Waals surface area contributed by atoms with Crippen molar-refractivity contribution in [3.63, 3.8) is 0 Å².